The first kappa shape index (κ1) is 28.1. The average Bonchev–Trinajstić information content (AvgIpc) is 3.29. The third-order valence-corrected chi connectivity index (χ3v) is 13.4. The van der Waals surface area contributed by atoms with Crippen molar-refractivity contribution in [3.05, 3.63) is 0 Å². The molecule has 0 aromatic carbocycles. The molecule has 0 radical (unpaired) electrons. The number of halogens is 1. The molecule has 14 atom stereocenters. The monoisotopic (exact) mass is 608 g/mol. The quantitative estimate of drug-likeness (QED) is 0.304. The lowest BCUT2D eigenvalue weighted by Crippen LogP contribution is -2.61. The highest BCUT2D eigenvalue weighted by Gasteiger charge is 2.73. The van der Waals surface area contributed by atoms with Gasteiger partial charge >= 0.3 is 11.9 Å². The Hall–Kier alpha value is -0.990. The normalized spacial score (nSPS) is 54.3. The molecule has 6 rings (SSSR count). The van der Waals surface area contributed by atoms with Crippen molar-refractivity contribution in [2.45, 2.75) is 115 Å². The summed E-state index contributed by atoms with van der Waals surface area (Å²) < 4.78 is 24.8. The number of carbonyl (C=O) groups is 3. The van der Waals surface area contributed by atoms with Gasteiger partial charge in [-0.05, 0) is 73.5 Å². The number of hydrogen-bond acceptors (Lipinski definition) is 7. The van der Waals surface area contributed by atoms with Gasteiger partial charge in [-0.15, -0.1) is 0 Å². The summed E-state index contributed by atoms with van der Waals surface area (Å²) >= 11 is 3.92. The molecule has 4 saturated carbocycles. The number of fused-ring (bicyclic) bond motifs is 7. The fourth-order valence-corrected chi connectivity index (χ4v) is 12.0. The van der Waals surface area contributed by atoms with Gasteiger partial charge in [-0.25, -0.2) is 0 Å². The molecule has 8 heteroatoms. The van der Waals surface area contributed by atoms with E-state index < -0.39 is 23.4 Å². The Morgan fingerprint density at radius 1 is 0.974 bits per heavy atom. The maximum absolute atomic E-state index is 14.4. The Balaban J connectivity index is 1.28. The minimum atomic E-state index is -0.650. The minimum absolute atomic E-state index is 0.0326. The second kappa shape index (κ2) is 9.52. The molecule has 6 fully saturated rings. The second-order valence-electron chi connectivity index (χ2n) is 14.3. The van der Waals surface area contributed by atoms with Crippen LogP contribution >= 0.6 is 15.9 Å². The van der Waals surface area contributed by atoms with Crippen molar-refractivity contribution in [1.29, 1.82) is 0 Å². The van der Waals surface area contributed by atoms with Crippen LogP contribution in [0.5, 0.6) is 0 Å². The van der Waals surface area contributed by atoms with E-state index in [4.69, 9.17) is 18.9 Å². The Morgan fingerprint density at radius 3 is 2.33 bits per heavy atom. The van der Waals surface area contributed by atoms with Gasteiger partial charge in [-0.1, -0.05) is 43.6 Å². The molecule has 0 aromatic heterocycles. The van der Waals surface area contributed by atoms with Gasteiger partial charge in [0.05, 0.1) is 17.5 Å². The van der Waals surface area contributed by atoms with Crippen LogP contribution in [0.15, 0.2) is 0 Å². The van der Waals surface area contributed by atoms with Gasteiger partial charge in [0.1, 0.15) is 18.0 Å². The summed E-state index contributed by atoms with van der Waals surface area (Å²) in [6.07, 6.45) is 5.07. The summed E-state index contributed by atoms with van der Waals surface area (Å²) in [5.41, 5.74) is -0.563. The average molecular weight is 610 g/mol. The molecular formula is C31H45BrO7. The zero-order valence-corrected chi connectivity index (χ0v) is 25.8. The van der Waals surface area contributed by atoms with Crippen LogP contribution in [0.3, 0.4) is 0 Å². The molecular weight excluding hydrogens is 564 g/mol. The number of alkyl halides is 1. The molecule has 6 aliphatic rings. The molecule has 4 aliphatic carbocycles. The molecule has 2 saturated heterocycles. The van der Waals surface area contributed by atoms with E-state index in [0.29, 0.717) is 49.4 Å². The molecule has 1 spiro atoms. The largest absolute Gasteiger partial charge is 0.459 e. The van der Waals surface area contributed by atoms with E-state index in [-0.39, 0.29) is 52.0 Å². The lowest BCUT2D eigenvalue weighted by molar-refractivity contribution is -0.267. The standard InChI is InChI=1S/C31H45BrO7/c1-15-9-26(32)31(36-14-15)16(2)28-24(39-31)11-22-20-8-7-19-10-23(37-17(3)33)25(38-18(4)34)13-29(19,5)21(20)12-27(35)30(22,28)6/h15-16,19-26,28H,7-14H2,1-6H3/t15-,16-,19+,20+,21-,22-,23-,24-,25+,26-,28-,29+,30-,31-/m1/s1. The third-order valence-electron chi connectivity index (χ3n) is 12.4. The van der Waals surface area contributed by atoms with Crippen molar-refractivity contribution in [3.8, 4) is 0 Å². The van der Waals surface area contributed by atoms with Crippen LogP contribution in [0.25, 0.3) is 0 Å². The lowest BCUT2D eigenvalue weighted by Gasteiger charge is -2.61. The molecule has 7 nitrogen and oxygen atoms in total. The highest BCUT2D eigenvalue weighted by Crippen LogP contribution is 2.70. The highest BCUT2D eigenvalue weighted by atomic mass is 79.9. The molecule has 39 heavy (non-hydrogen) atoms. The Morgan fingerprint density at radius 2 is 1.67 bits per heavy atom. The molecule has 2 aliphatic heterocycles. The number of rotatable bonds is 2. The number of carbonyl (C=O) groups excluding carboxylic acids is 3. The number of hydrogen-bond donors (Lipinski definition) is 0. The summed E-state index contributed by atoms with van der Waals surface area (Å²) in [6, 6.07) is 0. The van der Waals surface area contributed by atoms with E-state index in [2.05, 4.69) is 43.6 Å². The number of ketones is 1. The summed E-state index contributed by atoms with van der Waals surface area (Å²) in [6.45, 7) is 12.5. The van der Waals surface area contributed by atoms with E-state index in [9.17, 15) is 14.4 Å². The van der Waals surface area contributed by atoms with Gasteiger partial charge in [-0.2, -0.15) is 0 Å². The van der Waals surface area contributed by atoms with Crippen LogP contribution in [-0.4, -0.2) is 53.3 Å². The number of Topliss-reactive ketones (excluding diaryl/α,β-unsaturated/α-hetero) is 1. The van der Waals surface area contributed by atoms with E-state index in [1.165, 1.54) is 13.8 Å². The predicted octanol–water partition coefficient (Wildman–Crippen LogP) is 5.46. The Bertz CT molecular complexity index is 1050. The van der Waals surface area contributed by atoms with Gasteiger partial charge in [-0.3, -0.25) is 14.4 Å². The summed E-state index contributed by atoms with van der Waals surface area (Å²) in [7, 11) is 0. The van der Waals surface area contributed by atoms with Gasteiger partial charge in [0.25, 0.3) is 0 Å². The third kappa shape index (κ3) is 4.04. The van der Waals surface area contributed by atoms with Crippen molar-refractivity contribution in [3.63, 3.8) is 0 Å². The van der Waals surface area contributed by atoms with Crippen LogP contribution < -0.4 is 0 Å². The maximum Gasteiger partial charge on any atom is 0.303 e. The zero-order valence-electron chi connectivity index (χ0n) is 24.2. The first-order valence-electron chi connectivity index (χ1n) is 15.1. The molecule has 0 N–H and O–H groups in total. The van der Waals surface area contributed by atoms with Crippen LogP contribution in [-0.2, 0) is 33.3 Å². The molecule has 0 aromatic rings. The van der Waals surface area contributed by atoms with Crippen LogP contribution in [0.2, 0.25) is 0 Å². The SMILES string of the molecule is CC(=O)O[C@H]1C[C@@]2(C)[C@@H](CC[C@H]3[C@H]2CC(=O)[C@]2(C)[C@@H]4[C@@H](C)[C@@]5(OC[C@H](C)C[C@H]5Br)O[C@@H]4C[C@H]32)C[C@H]1OC(C)=O. The lowest BCUT2D eigenvalue weighted by atomic mass is 9.43. The first-order chi connectivity index (χ1) is 18.3. The predicted molar refractivity (Wildman–Crippen MR) is 147 cm³/mol. The van der Waals surface area contributed by atoms with Gasteiger partial charge in [0.2, 0.25) is 0 Å². The second-order valence-corrected chi connectivity index (χ2v) is 15.5. The minimum Gasteiger partial charge on any atom is -0.459 e. The van der Waals surface area contributed by atoms with Crippen molar-refractivity contribution in [2.24, 2.45) is 52.3 Å². The van der Waals surface area contributed by atoms with Crippen LogP contribution in [0.1, 0.15) is 86.5 Å². The van der Waals surface area contributed by atoms with Gasteiger partial charge in [0.15, 0.2) is 5.79 Å². The van der Waals surface area contributed by atoms with E-state index in [0.717, 1.165) is 25.7 Å². The maximum atomic E-state index is 14.4. The zero-order chi connectivity index (χ0) is 28.1. The van der Waals surface area contributed by atoms with Crippen molar-refractivity contribution in [2.75, 3.05) is 6.61 Å². The molecule has 2 heterocycles. The van der Waals surface area contributed by atoms with E-state index in [1.807, 2.05) is 0 Å². The molecule has 218 valence electrons. The Kier molecular flexibility index (Phi) is 6.87. The topological polar surface area (TPSA) is 88.1 Å². The van der Waals surface area contributed by atoms with Crippen LogP contribution in [0.4, 0.5) is 0 Å². The fourth-order valence-electron chi connectivity index (χ4n) is 10.7. The molecule has 0 bridgehead atoms. The molecule has 0 amide bonds. The fraction of sp³-hybridized carbons (Fsp3) is 0.903. The first-order valence-corrected chi connectivity index (χ1v) is 16.1. The van der Waals surface area contributed by atoms with Crippen molar-refractivity contribution in [1.82, 2.24) is 0 Å². The number of ether oxygens (including phenoxy) is 4. The molecule has 0 unspecified atom stereocenters. The van der Waals surface area contributed by atoms with Gasteiger partial charge < -0.3 is 18.9 Å². The van der Waals surface area contributed by atoms with Gasteiger partial charge in [0, 0.05) is 37.5 Å². The summed E-state index contributed by atoms with van der Waals surface area (Å²) in [5.74, 6) is 1.08. The van der Waals surface area contributed by atoms with E-state index in [1.54, 1.807) is 0 Å². The van der Waals surface area contributed by atoms with Crippen molar-refractivity contribution < 1.29 is 33.3 Å². The summed E-state index contributed by atoms with van der Waals surface area (Å²) in [5, 5.41) is 0. The number of esters is 2. The highest BCUT2D eigenvalue weighted by molar-refractivity contribution is 9.09. The Labute approximate surface area is 240 Å². The van der Waals surface area contributed by atoms with Crippen molar-refractivity contribution >= 4 is 33.7 Å². The van der Waals surface area contributed by atoms with Crippen LogP contribution in [0, 0.1) is 52.3 Å². The van der Waals surface area contributed by atoms with E-state index >= 15 is 0 Å². The summed E-state index contributed by atoms with van der Waals surface area (Å²) in [4.78, 5) is 38.4. The smallest absolute Gasteiger partial charge is 0.303 e.